The molecule has 1 aliphatic rings. The van der Waals surface area contributed by atoms with Gasteiger partial charge in [-0.25, -0.2) is 16.8 Å². The van der Waals surface area contributed by atoms with Gasteiger partial charge in [0.1, 0.15) is 4.90 Å². The van der Waals surface area contributed by atoms with Crippen molar-refractivity contribution in [3.63, 3.8) is 0 Å². The van der Waals surface area contributed by atoms with Gasteiger partial charge < -0.3 is 10.8 Å². The fraction of sp³-hybridized carbons (Fsp3) is 0.364. The van der Waals surface area contributed by atoms with Crippen LogP contribution >= 0.6 is 0 Å². The predicted octanol–water partition coefficient (Wildman–Crippen LogP) is -0.859. The van der Waals surface area contributed by atoms with Crippen LogP contribution < -0.4 is 5.73 Å². The van der Waals surface area contributed by atoms with Crippen LogP contribution in [0.15, 0.2) is 29.2 Å². The number of sulfonamides is 1. The van der Waals surface area contributed by atoms with Crippen molar-refractivity contribution in [2.24, 2.45) is 0 Å². The molecule has 21 heavy (non-hydrogen) atoms. The highest BCUT2D eigenvalue weighted by atomic mass is 32.2. The van der Waals surface area contributed by atoms with Gasteiger partial charge in [0, 0.05) is 13.1 Å². The second-order valence-corrected chi connectivity index (χ2v) is 8.80. The van der Waals surface area contributed by atoms with Gasteiger partial charge in [0.2, 0.25) is 10.0 Å². The number of benzene rings is 1. The number of aliphatic carboxylic acids is 1. The summed E-state index contributed by atoms with van der Waals surface area (Å²) in [5.74, 6) is -2.09. The first kappa shape index (κ1) is 15.7. The lowest BCUT2D eigenvalue weighted by atomic mass is 10.3. The number of anilines is 1. The van der Waals surface area contributed by atoms with Crippen LogP contribution in [0, 0.1) is 0 Å². The lowest BCUT2D eigenvalue weighted by molar-refractivity contribution is -0.136. The second kappa shape index (κ2) is 5.28. The summed E-state index contributed by atoms with van der Waals surface area (Å²) in [7, 11) is -7.87. The van der Waals surface area contributed by atoms with Crippen molar-refractivity contribution >= 4 is 31.5 Å². The summed E-state index contributed by atoms with van der Waals surface area (Å²) in [5.41, 5.74) is 5.65. The van der Waals surface area contributed by atoms with Crippen LogP contribution in [0.25, 0.3) is 0 Å². The summed E-state index contributed by atoms with van der Waals surface area (Å²) in [5, 5.41) is 7.20. The monoisotopic (exact) mass is 334 g/mol. The number of para-hydroxylation sites is 1. The zero-order valence-corrected chi connectivity index (χ0v) is 12.5. The van der Waals surface area contributed by atoms with Gasteiger partial charge in [-0.15, -0.1) is 0 Å². The molecule has 1 aromatic carbocycles. The van der Waals surface area contributed by atoms with Crippen LogP contribution in [-0.4, -0.2) is 56.3 Å². The third-order valence-corrected chi connectivity index (χ3v) is 7.15. The molecular weight excluding hydrogens is 320 g/mol. The van der Waals surface area contributed by atoms with Gasteiger partial charge in [-0.05, 0) is 12.1 Å². The number of carbonyl (C=O) groups is 1. The van der Waals surface area contributed by atoms with Gasteiger partial charge in [0.15, 0.2) is 15.1 Å². The molecule has 0 saturated carbocycles. The average molecular weight is 334 g/mol. The summed E-state index contributed by atoms with van der Waals surface area (Å²) < 4.78 is 49.1. The number of hydrogen-bond acceptors (Lipinski definition) is 6. The molecule has 116 valence electrons. The van der Waals surface area contributed by atoms with E-state index in [4.69, 9.17) is 10.8 Å². The summed E-state index contributed by atoms with van der Waals surface area (Å²) in [4.78, 5) is 10.9. The molecule has 1 heterocycles. The van der Waals surface area contributed by atoms with E-state index in [0.717, 1.165) is 4.31 Å². The Hall–Kier alpha value is -1.65. The molecule has 1 aromatic rings. The maximum absolute atomic E-state index is 12.4. The lowest BCUT2D eigenvalue weighted by Gasteiger charge is -2.30. The molecule has 1 saturated heterocycles. The number of nitrogens with two attached hydrogens (primary N) is 1. The molecule has 1 atom stereocenters. The van der Waals surface area contributed by atoms with E-state index in [1.807, 2.05) is 0 Å². The number of nitrogen functional groups attached to an aromatic ring is 1. The Balaban J connectivity index is 2.39. The summed E-state index contributed by atoms with van der Waals surface area (Å²) >= 11 is 0. The zero-order chi connectivity index (χ0) is 15.8. The molecule has 1 fully saturated rings. The van der Waals surface area contributed by atoms with Crippen LogP contribution in [0.5, 0.6) is 0 Å². The number of carboxylic acid groups (broad SMARTS) is 1. The van der Waals surface area contributed by atoms with Crippen LogP contribution in [0.2, 0.25) is 0 Å². The Labute approximate surface area is 122 Å². The third kappa shape index (κ3) is 2.87. The quantitative estimate of drug-likeness (QED) is 0.687. The van der Waals surface area contributed by atoms with Crippen molar-refractivity contribution in [2.75, 3.05) is 24.6 Å². The lowest BCUT2D eigenvalue weighted by Crippen LogP contribution is -2.52. The SMILES string of the molecule is Nc1ccccc1S(=O)(=O)N1CCS(=O)(=O)C(C(=O)O)C1. The minimum absolute atomic E-state index is 0.0257. The molecular formula is C11H14N2O6S2. The number of carboxylic acids is 1. The molecule has 0 aromatic heterocycles. The molecule has 2 rings (SSSR count). The number of rotatable bonds is 3. The summed E-state index contributed by atoms with van der Waals surface area (Å²) in [6.07, 6.45) is 0. The van der Waals surface area contributed by atoms with Gasteiger partial charge in [-0.3, -0.25) is 4.79 Å². The van der Waals surface area contributed by atoms with Crippen molar-refractivity contribution < 1.29 is 26.7 Å². The maximum Gasteiger partial charge on any atom is 0.323 e. The molecule has 0 bridgehead atoms. The fourth-order valence-corrected chi connectivity index (χ4v) is 5.32. The fourth-order valence-electron chi connectivity index (χ4n) is 2.07. The Morgan fingerprint density at radius 1 is 1.33 bits per heavy atom. The minimum Gasteiger partial charge on any atom is -0.480 e. The molecule has 10 heteroatoms. The topological polar surface area (TPSA) is 135 Å². The van der Waals surface area contributed by atoms with Crippen LogP contribution in [0.4, 0.5) is 5.69 Å². The number of nitrogens with zero attached hydrogens (tertiary/aromatic N) is 1. The first-order chi connectivity index (χ1) is 9.66. The molecule has 8 nitrogen and oxygen atoms in total. The van der Waals surface area contributed by atoms with Crippen LogP contribution in [0.3, 0.4) is 0 Å². The van der Waals surface area contributed by atoms with Gasteiger partial charge in [0.25, 0.3) is 0 Å². The van der Waals surface area contributed by atoms with Crippen molar-refractivity contribution in [2.45, 2.75) is 10.1 Å². The van der Waals surface area contributed by atoms with Crippen molar-refractivity contribution in [1.29, 1.82) is 0 Å². The number of hydrogen-bond donors (Lipinski definition) is 2. The van der Waals surface area contributed by atoms with Gasteiger partial charge in [0.05, 0.1) is 11.4 Å². The number of sulfone groups is 1. The van der Waals surface area contributed by atoms with E-state index in [1.54, 1.807) is 6.07 Å². The van der Waals surface area contributed by atoms with E-state index in [0.29, 0.717) is 0 Å². The van der Waals surface area contributed by atoms with E-state index < -0.39 is 43.4 Å². The van der Waals surface area contributed by atoms with E-state index in [1.165, 1.54) is 18.2 Å². The molecule has 0 aliphatic carbocycles. The molecule has 0 spiro atoms. The van der Waals surface area contributed by atoms with Crippen molar-refractivity contribution in [3.8, 4) is 0 Å². The molecule has 1 aliphatic heterocycles. The molecule has 0 amide bonds. The molecule has 3 N–H and O–H groups in total. The normalized spacial score (nSPS) is 22.8. The largest absolute Gasteiger partial charge is 0.480 e. The predicted molar refractivity (Wildman–Crippen MR) is 74.8 cm³/mol. The zero-order valence-electron chi connectivity index (χ0n) is 10.8. The van der Waals surface area contributed by atoms with Crippen molar-refractivity contribution in [3.05, 3.63) is 24.3 Å². The Bertz CT molecular complexity index is 772. The highest BCUT2D eigenvalue weighted by Crippen LogP contribution is 2.25. The molecule has 1 unspecified atom stereocenters. The maximum atomic E-state index is 12.4. The Morgan fingerprint density at radius 3 is 2.52 bits per heavy atom. The van der Waals surface area contributed by atoms with Crippen LogP contribution in [-0.2, 0) is 24.7 Å². The van der Waals surface area contributed by atoms with Gasteiger partial charge >= 0.3 is 5.97 Å². The van der Waals surface area contributed by atoms with Crippen molar-refractivity contribution in [1.82, 2.24) is 4.31 Å². The van der Waals surface area contributed by atoms with E-state index >= 15 is 0 Å². The van der Waals surface area contributed by atoms with Crippen LogP contribution in [0.1, 0.15) is 0 Å². The third-order valence-electron chi connectivity index (χ3n) is 3.24. The van der Waals surface area contributed by atoms with E-state index in [2.05, 4.69) is 0 Å². The molecule has 0 radical (unpaired) electrons. The van der Waals surface area contributed by atoms with Gasteiger partial charge in [-0.1, -0.05) is 12.1 Å². The first-order valence-corrected chi connectivity index (χ1v) is 9.11. The minimum atomic E-state index is -4.03. The highest BCUT2D eigenvalue weighted by Gasteiger charge is 2.42. The first-order valence-electron chi connectivity index (χ1n) is 5.95. The van der Waals surface area contributed by atoms with Gasteiger partial charge in [-0.2, -0.15) is 4.31 Å². The van der Waals surface area contributed by atoms with E-state index in [9.17, 15) is 21.6 Å². The Kier molecular flexibility index (Phi) is 3.95. The highest BCUT2D eigenvalue weighted by molar-refractivity contribution is 7.93. The standard InChI is InChI=1S/C11H14N2O6S2/c12-8-3-1-2-4-9(8)21(18,19)13-5-6-20(16,17)10(7-13)11(14)15/h1-4,10H,5-7,12H2,(H,14,15). The second-order valence-electron chi connectivity index (χ2n) is 4.59. The summed E-state index contributed by atoms with van der Waals surface area (Å²) in [6.45, 7) is -0.906. The Morgan fingerprint density at radius 2 is 1.95 bits per heavy atom. The average Bonchev–Trinajstić information content (AvgIpc) is 2.37. The summed E-state index contributed by atoms with van der Waals surface area (Å²) in [6, 6.07) is 5.75. The van der Waals surface area contributed by atoms with E-state index in [-0.39, 0.29) is 17.1 Å². The smallest absolute Gasteiger partial charge is 0.323 e.